The van der Waals surface area contributed by atoms with Crippen molar-refractivity contribution in [2.24, 2.45) is 0 Å². The lowest BCUT2D eigenvalue weighted by atomic mass is 10.2. The molecule has 0 spiro atoms. The number of hydrogen-bond donors (Lipinski definition) is 1. The molecule has 5 nitrogen and oxygen atoms in total. The molecule has 0 radical (unpaired) electrons. The summed E-state index contributed by atoms with van der Waals surface area (Å²) >= 11 is 5.83. The van der Waals surface area contributed by atoms with Gasteiger partial charge < -0.3 is 5.32 Å². The Kier molecular flexibility index (Phi) is 5.71. The molecule has 1 aromatic carbocycles. The quantitative estimate of drug-likeness (QED) is 0.856. The van der Waals surface area contributed by atoms with Crippen molar-refractivity contribution in [3.63, 3.8) is 0 Å². The van der Waals surface area contributed by atoms with E-state index in [1.807, 2.05) is 10.7 Å². The van der Waals surface area contributed by atoms with Gasteiger partial charge in [0, 0.05) is 18.1 Å². The summed E-state index contributed by atoms with van der Waals surface area (Å²) in [5, 5.41) is 7.57. The van der Waals surface area contributed by atoms with Gasteiger partial charge in [0.15, 0.2) is 0 Å². The zero-order valence-electron chi connectivity index (χ0n) is 14.3. The van der Waals surface area contributed by atoms with E-state index in [0.29, 0.717) is 5.02 Å². The van der Waals surface area contributed by atoms with E-state index >= 15 is 0 Å². The molecule has 2 heterocycles. The standard InChI is InChI=1S/C18H22ClFN4O/c1-2-3-6-23-7-8-24-15(12-23)10-14(22-24)11-21-18(25)16-9-13(19)4-5-17(16)20/h4-5,9-10H,2-3,6-8,11-12H2,1H3,(H,21,25). The zero-order chi connectivity index (χ0) is 17.8. The van der Waals surface area contributed by atoms with E-state index in [2.05, 4.69) is 22.2 Å². The van der Waals surface area contributed by atoms with Gasteiger partial charge in [-0.1, -0.05) is 24.9 Å². The summed E-state index contributed by atoms with van der Waals surface area (Å²) in [5.74, 6) is -1.08. The third kappa shape index (κ3) is 4.38. The second-order valence-corrected chi connectivity index (χ2v) is 6.72. The third-order valence-electron chi connectivity index (χ3n) is 4.36. The number of nitrogens with one attached hydrogen (secondary N) is 1. The van der Waals surface area contributed by atoms with E-state index < -0.39 is 11.7 Å². The molecule has 2 aromatic rings. The van der Waals surface area contributed by atoms with Crippen molar-refractivity contribution in [2.45, 2.75) is 39.4 Å². The van der Waals surface area contributed by atoms with Gasteiger partial charge in [0.1, 0.15) is 5.82 Å². The predicted molar refractivity (Wildman–Crippen MR) is 95.0 cm³/mol. The molecule has 1 aliphatic heterocycles. The Labute approximate surface area is 151 Å². The monoisotopic (exact) mass is 364 g/mol. The zero-order valence-corrected chi connectivity index (χ0v) is 15.0. The number of nitrogens with zero attached hydrogens (tertiary/aromatic N) is 3. The summed E-state index contributed by atoms with van der Waals surface area (Å²) in [6.45, 7) is 6.28. The van der Waals surface area contributed by atoms with Gasteiger partial charge in [-0.25, -0.2) is 4.39 Å². The molecule has 134 valence electrons. The van der Waals surface area contributed by atoms with Crippen molar-refractivity contribution in [3.05, 3.63) is 52.1 Å². The lowest BCUT2D eigenvalue weighted by molar-refractivity contribution is 0.0946. The maximum Gasteiger partial charge on any atom is 0.254 e. The van der Waals surface area contributed by atoms with Gasteiger partial charge >= 0.3 is 0 Å². The smallest absolute Gasteiger partial charge is 0.254 e. The first-order valence-electron chi connectivity index (χ1n) is 8.58. The molecule has 0 unspecified atom stereocenters. The molecule has 0 saturated heterocycles. The average molecular weight is 365 g/mol. The molecule has 0 fully saturated rings. The molecule has 0 aliphatic carbocycles. The molecule has 0 bridgehead atoms. The largest absolute Gasteiger partial charge is 0.346 e. The molecular weight excluding hydrogens is 343 g/mol. The minimum atomic E-state index is -0.586. The molecule has 0 saturated carbocycles. The average Bonchev–Trinajstić information content (AvgIpc) is 3.02. The van der Waals surface area contributed by atoms with Crippen LogP contribution in [0.2, 0.25) is 5.02 Å². The summed E-state index contributed by atoms with van der Waals surface area (Å²) in [7, 11) is 0. The molecule has 25 heavy (non-hydrogen) atoms. The Bertz CT molecular complexity index is 762. The summed E-state index contributed by atoms with van der Waals surface area (Å²) < 4.78 is 15.7. The van der Waals surface area contributed by atoms with Gasteiger partial charge in [-0.3, -0.25) is 14.4 Å². The third-order valence-corrected chi connectivity index (χ3v) is 4.59. The van der Waals surface area contributed by atoms with Crippen LogP contribution in [-0.4, -0.2) is 33.7 Å². The van der Waals surface area contributed by atoms with E-state index in [1.54, 1.807) is 0 Å². The van der Waals surface area contributed by atoms with Gasteiger partial charge in [0.25, 0.3) is 5.91 Å². The van der Waals surface area contributed by atoms with E-state index in [0.717, 1.165) is 37.6 Å². The van der Waals surface area contributed by atoms with Crippen LogP contribution in [0.15, 0.2) is 24.3 Å². The molecule has 1 aliphatic rings. The molecule has 0 atom stereocenters. The first-order valence-corrected chi connectivity index (χ1v) is 8.96. The second-order valence-electron chi connectivity index (χ2n) is 6.29. The normalized spacial score (nSPS) is 14.4. The SMILES string of the molecule is CCCCN1CCn2nc(CNC(=O)c3cc(Cl)ccc3F)cc2C1. The van der Waals surface area contributed by atoms with E-state index in [9.17, 15) is 9.18 Å². The number of amides is 1. The second kappa shape index (κ2) is 7.97. The molecule has 1 amide bonds. The van der Waals surface area contributed by atoms with Gasteiger partial charge in [0.05, 0.1) is 30.0 Å². The maximum atomic E-state index is 13.7. The van der Waals surface area contributed by atoms with Gasteiger partial charge in [0.2, 0.25) is 0 Å². The Morgan fingerprint density at radius 1 is 1.36 bits per heavy atom. The van der Waals surface area contributed by atoms with Crippen LogP contribution in [0.25, 0.3) is 0 Å². The Balaban J connectivity index is 1.60. The minimum absolute atomic E-state index is 0.0535. The topological polar surface area (TPSA) is 50.2 Å². The van der Waals surface area contributed by atoms with Crippen LogP contribution in [0, 0.1) is 5.82 Å². The van der Waals surface area contributed by atoms with Crippen molar-refractivity contribution >= 4 is 17.5 Å². The van der Waals surface area contributed by atoms with Crippen LogP contribution in [0.3, 0.4) is 0 Å². The van der Waals surface area contributed by atoms with Crippen LogP contribution in [0.5, 0.6) is 0 Å². The highest BCUT2D eigenvalue weighted by Gasteiger charge is 2.18. The van der Waals surface area contributed by atoms with Crippen LogP contribution < -0.4 is 5.32 Å². The van der Waals surface area contributed by atoms with E-state index in [4.69, 9.17) is 11.6 Å². The first-order chi connectivity index (χ1) is 12.1. The van der Waals surface area contributed by atoms with Crippen LogP contribution in [0.4, 0.5) is 4.39 Å². The molecule has 3 rings (SSSR count). The summed E-state index contributed by atoms with van der Waals surface area (Å²) in [6.07, 6.45) is 2.38. The number of unbranched alkanes of at least 4 members (excludes halogenated alkanes) is 1. The summed E-state index contributed by atoms with van der Waals surface area (Å²) in [4.78, 5) is 14.6. The number of fused-ring (bicyclic) bond motifs is 1. The fraction of sp³-hybridized carbons (Fsp3) is 0.444. The maximum absolute atomic E-state index is 13.7. The molecule has 7 heteroatoms. The molecular formula is C18H22ClFN4O. The number of carbonyl (C=O) groups excluding carboxylic acids is 1. The van der Waals surface area contributed by atoms with Crippen LogP contribution in [0.1, 0.15) is 41.5 Å². The van der Waals surface area contributed by atoms with Gasteiger partial charge in [-0.2, -0.15) is 5.10 Å². The lowest BCUT2D eigenvalue weighted by Gasteiger charge is -2.27. The highest BCUT2D eigenvalue weighted by Crippen LogP contribution is 2.16. The number of rotatable bonds is 6. The van der Waals surface area contributed by atoms with Crippen LogP contribution in [-0.2, 0) is 19.6 Å². The number of hydrogen-bond acceptors (Lipinski definition) is 3. The van der Waals surface area contributed by atoms with E-state index in [1.165, 1.54) is 31.0 Å². The molecule has 1 N–H and O–H groups in total. The van der Waals surface area contributed by atoms with Crippen molar-refractivity contribution in [2.75, 3.05) is 13.1 Å². The highest BCUT2D eigenvalue weighted by atomic mass is 35.5. The number of benzene rings is 1. The van der Waals surface area contributed by atoms with Crippen LogP contribution >= 0.6 is 11.6 Å². The highest BCUT2D eigenvalue weighted by molar-refractivity contribution is 6.30. The predicted octanol–water partition coefficient (Wildman–Crippen LogP) is 3.22. The minimum Gasteiger partial charge on any atom is -0.346 e. The van der Waals surface area contributed by atoms with Gasteiger partial charge in [-0.05, 0) is 37.2 Å². The Morgan fingerprint density at radius 2 is 2.20 bits per heavy atom. The lowest BCUT2D eigenvalue weighted by Crippen LogP contribution is -2.34. The summed E-state index contributed by atoms with van der Waals surface area (Å²) in [5.41, 5.74) is 1.88. The van der Waals surface area contributed by atoms with Crippen molar-refractivity contribution < 1.29 is 9.18 Å². The fourth-order valence-corrected chi connectivity index (χ4v) is 3.15. The van der Waals surface area contributed by atoms with Gasteiger partial charge in [-0.15, -0.1) is 0 Å². The fourth-order valence-electron chi connectivity index (χ4n) is 2.98. The molecule has 1 aromatic heterocycles. The van der Waals surface area contributed by atoms with Crippen molar-refractivity contribution in [1.82, 2.24) is 20.0 Å². The summed E-state index contributed by atoms with van der Waals surface area (Å²) in [6, 6.07) is 5.95. The first kappa shape index (κ1) is 17.9. The number of carbonyl (C=O) groups is 1. The van der Waals surface area contributed by atoms with Crippen molar-refractivity contribution in [1.29, 1.82) is 0 Å². The van der Waals surface area contributed by atoms with E-state index in [-0.39, 0.29) is 12.1 Å². The Morgan fingerprint density at radius 3 is 3.00 bits per heavy atom. The number of halogens is 2. The number of aromatic nitrogens is 2. The van der Waals surface area contributed by atoms with Crippen molar-refractivity contribution in [3.8, 4) is 0 Å². The Hall–Kier alpha value is -1.92.